The van der Waals surface area contributed by atoms with E-state index in [0.717, 1.165) is 12.1 Å². The molecule has 126 valence electrons. The van der Waals surface area contributed by atoms with Crippen LogP contribution in [0.4, 0.5) is 14.5 Å². The van der Waals surface area contributed by atoms with Crippen LogP contribution < -0.4 is 10.1 Å². The molecule has 0 bridgehead atoms. The second kappa shape index (κ2) is 7.49. The Labute approximate surface area is 136 Å². The molecule has 2 rings (SSSR count). The zero-order valence-corrected chi connectivity index (χ0v) is 12.7. The van der Waals surface area contributed by atoms with Gasteiger partial charge in [-0.25, -0.2) is 8.78 Å². The summed E-state index contributed by atoms with van der Waals surface area (Å²) in [5.41, 5.74) is -0.140. The fourth-order valence-electron chi connectivity index (χ4n) is 2.09. The van der Waals surface area contributed by atoms with Gasteiger partial charge in [-0.3, -0.25) is 14.9 Å². The average Bonchev–Trinajstić information content (AvgIpc) is 2.52. The van der Waals surface area contributed by atoms with Crippen LogP contribution in [0.1, 0.15) is 18.5 Å². The lowest BCUT2D eigenvalue weighted by Crippen LogP contribution is -2.31. The monoisotopic (exact) mass is 336 g/mol. The molecule has 1 amide bonds. The first-order valence-electron chi connectivity index (χ1n) is 6.99. The van der Waals surface area contributed by atoms with E-state index in [0.29, 0.717) is 0 Å². The van der Waals surface area contributed by atoms with Crippen LogP contribution in [0, 0.1) is 21.7 Å². The van der Waals surface area contributed by atoms with Gasteiger partial charge in [-0.2, -0.15) is 0 Å². The van der Waals surface area contributed by atoms with Crippen LogP contribution >= 0.6 is 0 Å². The van der Waals surface area contributed by atoms with Crippen molar-refractivity contribution in [3.63, 3.8) is 0 Å². The SMILES string of the molecule is C[C@H](NC(=O)COc1ccccc1[N+](=O)[O-])c1ccc(F)cc1F. The highest BCUT2D eigenvalue weighted by Gasteiger charge is 2.17. The summed E-state index contributed by atoms with van der Waals surface area (Å²) in [4.78, 5) is 22.1. The fourth-order valence-corrected chi connectivity index (χ4v) is 2.09. The lowest BCUT2D eigenvalue weighted by molar-refractivity contribution is -0.385. The largest absolute Gasteiger partial charge is 0.477 e. The van der Waals surface area contributed by atoms with Crippen molar-refractivity contribution in [2.75, 3.05) is 6.61 Å². The smallest absolute Gasteiger partial charge is 0.310 e. The number of nitro benzene ring substituents is 1. The minimum Gasteiger partial charge on any atom is -0.477 e. The van der Waals surface area contributed by atoms with Crippen molar-refractivity contribution in [3.05, 3.63) is 69.8 Å². The van der Waals surface area contributed by atoms with Crippen LogP contribution in [0.25, 0.3) is 0 Å². The molecule has 0 radical (unpaired) electrons. The van der Waals surface area contributed by atoms with Gasteiger partial charge in [-0.05, 0) is 19.1 Å². The zero-order chi connectivity index (χ0) is 17.7. The molecule has 0 spiro atoms. The van der Waals surface area contributed by atoms with E-state index in [9.17, 15) is 23.7 Å². The third kappa shape index (κ3) is 4.25. The van der Waals surface area contributed by atoms with Gasteiger partial charge >= 0.3 is 5.69 Å². The molecule has 1 atom stereocenters. The van der Waals surface area contributed by atoms with Crippen molar-refractivity contribution < 1.29 is 23.2 Å². The minimum absolute atomic E-state index is 0.0433. The van der Waals surface area contributed by atoms with E-state index < -0.39 is 35.1 Å². The number of halogens is 2. The number of nitrogens with one attached hydrogen (secondary N) is 1. The Morgan fingerprint density at radius 1 is 1.29 bits per heavy atom. The van der Waals surface area contributed by atoms with E-state index in [1.165, 1.54) is 37.3 Å². The summed E-state index contributed by atoms with van der Waals surface area (Å²) in [6.45, 7) is 1.05. The van der Waals surface area contributed by atoms with Crippen LogP contribution in [0.2, 0.25) is 0 Å². The fraction of sp³-hybridized carbons (Fsp3) is 0.188. The average molecular weight is 336 g/mol. The van der Waals surface area contributed by atoms with Crippen LogP contribution in [-0.2, 0) is 4.79 Å². The van der Waals surface area contributed by atoms with Crippen molar-refractivity contribution in [1.29, 1.82) is 0 Å². The number of carbonyl (C=O) groups excluding carboxylic acids is 1. The molecule has 2 aromatic carbocycles. The molecule has 0 fully saturated rings. The summed E-state index contributed by atoms with van der Waals surface area (Å²) in [6.07, 6.45) is 0. The highest BCUT2D eigenvalue weighted by atomic mass is 19.1. The Hall–Kier alpha value is -3.03. The van der Waals surface area contributed by atoms with E-state index in [1.807, 2.05) is 0 Å². The number of rotatable bonds is 6. The normalized spacial score (nSPS) is 11.6. The molecular formula is C16H14F2N2O4. The molecule has 1 N–H and O–H groups in total. The molecule has 0 aromatic heterocycles. The van der Waals surface area contributed by atoms with Crippen LogP contribution in [0.15, 0.2) is 42.5 Å². The first-order chi connectivity index (χ1) is 11.4. The molecule has 0 aliphatic carbocycles. The first kappa shape index (κ1) is 17.3. The highest BCUT2D eigenvalue weighted by molar-refractivity contribution is 5.78. The Bertz CT molecular complexity index is 767. The summed E-state index contributed by atoms with van der Waals surface area (Å²) in [5, 5.41) is 13.3. The maximum absolute atomic E-state index is 13.6. The molecule has 0 saturated heterocycles. The highest BCUT2D eigenvalue weighted by Crippen LogP contribution is 2.25. The molecule has 0 aliphatic rings. The number of nitro groups is 1. The topological polar surface area (TPSA) is 81.5 Å². The molecular weight excluding hydrogens is 322 g/mol. The molecule has 2 aromatic rings. The van der Waals surface area contributed by atoms with Gasteiger partial charge in [-0.1, -0.05) is 18.2 Å². The van der Waals surface area contributed by atoms with Crippen molar-refractivity contribution >= 4 is 11.6 Å². The molecule has 0 unspecified atom stereocenters. The number of hydrogen-bond acceptors (Lipinski definition) is 4. The molecule has 0 saturated carbocycles. The summed E-state index contributed by atoms with van der Waals surface area (Å²) in [5.74, 6) is -2.13. The lowest BCUT2D eigenvalue weighted by Gasteiger charge is -2.15. The number of ether oxygens (including phenoxy) is 1. The van der Waals surface area contributed by atoms with Gasteiger partial charge in [0, 0.05) is 17.7 Å². The van der Waals surface area contributed by atoms with Crippen molar-refractivity contribution in [2.45, 2.75) is 13.0 Å². The van der Waals surface area contributed by atoms with Gasteiger partial charge in [-0.15, -0.1) is 0 Å². The Balaban J connectivity index is 1.97. The summed E-state index contributed by atoms with van der Waals surface area (Å²) >= 11 is 0. The maximum Gasteiger partial charge on any atom is 0.310 e. The third-order valence-corrected chi connectivity index (χ3v) is 3.23. The quantitative estimate of drug-likeness (QED) is 0.649. The van der Waals surface area contributed by atoms with Gasteiger partial charge in [0.25, 0.3) is 5.91 Å². The number of amides is 1. The molecule has 6 nitrogen and oxygen atoms in total. The van der Waals surface area contributed by atoms with Gasteiger partial charge in [0.05, 0.1) is 11.0 Å². The van der Waals surface area contributed by atoms with E-state index >= 15 is 0 Å². The molecule has 0 aliphatic heterocycles. The Kier molecular flexibility index (Phi) is 5.41. The van der Waals surface area contributed by atoms with Crippen molar-refractivity contribution in [1.82, 2.24) is 5.32 Å². The first-order valence-corrected chi connectivity index (χ1v) is 6.99. The van der Waals surface area contributed by atoms with Gasteiger partial charge < -0.3 is 10.1 Å². The summed E-state index contributed by atoms with van der Waals surface area (Å²) < 4.78 is 31.7. The van der Waals surface area contributed by atoms with Crippen molar-refractivity contribution in [3.8, 4) is 5.75 Å². The van der Waals surface area contributed by atoms with Crippen LogP contribution in [0.3, 0.4) is 0 Å². The molecule has 8 heteroatoms. The van der Waals surface area contributed by atoms with Gasteiger partial charge in [0.15, 0.2) is 12.4 Å². The van der Waals surface area contributed by atoms with E-state index in [2.05, 4.69) is 5.32 Å². The summed E-state index contributed by atoms with van der Waals surface area (Å²) in [6, 6.07) is 7.97. The van der Waals surface area contributed by atoms with E-state index in [1.54, 1.807) is 0 Å². The summed E-state index contributed by atoms with van der Waals surface area (Å²) in [7, 11) is 0. The van der Waals surface area contributed by atoms with Gasteiger partial charge in [0.2, 0.25) is 0 Å². The third-order valence-electron chi connectivity index (χ3n) is 3.23. The van der Waals surface area contributed by atoms with Crippen molar-refractivity contribution in [2.24, 2.45) is 0 Å². The second-order valence-electron chi connectivity index (χ2n) is 4.97. The van der Waals surface area contributed by atoms with Crippen LogP contribution in [-0.4, -0.2) is 17.4 Å². The number of para-hydroxylation sites is 2. The standard InChI is InChI=1S/C16H14F2N2O4/c1-10(12-7-6-11(17)8-13(12)18)19-16(21)9-24-15-5-3-2-4-14(15)20(22)23/h2-8,10H,9H2,1H3,(H,19,21)/t10-/m0/s1. The number of carbonyl (C=O) groups is 1. The predicted octanol–water partition coefficient (Wildman–Crippen LogP) is 3.13. The predicted molar refractivity (Wildman–Crippen MR) is 81.5 cm³/mol. The van der Waals surface area contributed by atoms with Crippen LogP contribution in [0.5, 0.6) is 5.75 Å². The van der Waals surface area contributed by atoms with E-state index in [-0.39, 0.29) is 17.0 Å². The molecule has 0 heterocycles. The second-order valence-corrected chi connectivity index (χ2v) is 4.97. The van der Waals surface area contributed by atoms with Gasteiger partial charge in [0.1, 0.15) is 11.6 Å². The number of hydrogen-bond donors (Lipinski definition) is 1. The number of benzene rings is 2. The van der Waals surface area contributed by atoms with E-state index in [4.69, 9.17) is 4.74 Å². The zero-order valence-electron chi connectivity index (χ0n) is 12.7. The molecule has 24 heavy (non-hydrogen) atoms. The number of nitrogens with zero attached hydrogens (tertiary/aromatic N) is 1. The Morgan fingerprint density at radius 2 is 2.00 bits per heavy atom. The lowest BCUT2D eigenvalue weighted by atomic mass is 10.1. The maximum atomic E-state index is 13.6. The minimum atomic E-state index is -0.776. The Morgan fingerprint density at radius 3 is 2.67 bits per heavy atom.